The molecule has 0 unspecified atom stereocenters. The van der Waals surface area contributed by atoms with Crippen molar-refractivity contribution in [2.45, 2.75) is 32.1 Å². The van der Waals surface area contributed by atoms with E-state index in [9.17, 15) is 4.79 Å². The van der Waals surface area contributed by atoms with E-state index in [1.165, 1.54) is 6.42 Å². The van der Waals surface area contributed by atoms with E-state index in [1.807, 2.05) is 7.05 Å². The normalized spacial score (nSPS) is 10.5. The molecule has 0 aromatic heterocycles. The van der Waals surface area contributed by atoms with Crippen LogP contribution in [0.1, 0.15) is 32.1 Å². The minimum absolute atomic E-state index is 0.707. The summed E-state index contributed by atoms with van der Waals surface area (Å²) in [7, 11) is 1.87. The molecule has 0 fully saturated rings. The largest absolute Gasteiger partial charge is 0.303 e. The van der Waals surface area contributed by atoms with Crippen LogP contribution in [0.3, 0.4) is 0 Å². The number of aldehydes is 1. The number of carbonyl (C=O) groups is 1. The van der Waals surface area contributed by atoms with E-state index >= 15 is 0 Å². The zero-order valence-corrected chi connectivity index (χ0v) is 7.25. The van der Waals surface area contributed by atoms with Crippen molar-refractivity contribution in [3.63, 3.8) is 0 Å². The summed E-state index contributed by atoms with van der Waals surface area (Å²) in [6.07, 6.45) is 6.17. The average Bonchev–Trinajstić information content (AvgIpc) is 1.96. The summed E-state index contributed by atoms with van der Waals surface area (Å²) in [5.74, 6) is 5.41. The van der Waals surface area contributed by atoms with Crippen LogP contribution in [0.4, 0.5) is 0 Å². The topological polar surface area (TPSA) is 46.3 Å². The Balaban J connectivity index is 2.85. The maximum absolute atomic E-state index is 9.92. The van der Waals surface area contributed by atoms with Gasteiger partial charge in [-0.05, 0) is 12.8 Å². The van der Waals surface area contributed by atoms with Gasteiger partial charge in [-0.2, -0.15) is 0 Å². The molecule has 0 aliphatic rings. The van der Waals surface area contributed by atoms with Crippen LogP contribution in [0.2, 0.25) is 0 Å². The zero-order valence-electron chi connectivity index (χ0n) is 7.25. The smallest absolute Gasteiger partial charge is 0.119 e. The SMILES string of the molecule is CN(N)CCCCCCC=O. The first-order valence-corrected chi connectivity index (χ1v) is 4.17. The van der Waals surface area contributed by atoms with Gasteiger partial charge in [0.1, 0.15) is 6.29 Å². The Labute approximate surface area is 68.5 Å². The third-order valence-corrected chi connectivity index (χ3v) is 1.58. The minimum Gasteiger partial charge on any atom is -0.303 e. The van der Waals surface area contributed by atoms with Crippen LogP contribution in [0.5, 0.6) is 0 Å². The second-order valence-corrected chi connectivity index (χ2v) is 2.85. The molecule has 0 aromatic rings. The predicted octanol–water partition coefficient (Wildman–Crippen LogP) is 0.941. The molecule has 2 N–H and O–H groups in total. The number of hydrazine groups is 1. The molecule has 66 valence electrons. The molecule has 3 heteroatoms. The standard InChI is InChI=1S/C8H18N2O/c1-10(9)7-5-3-2-4-6-8-11/h8H,2-7,9H2,1H3. The van der Waals surface area contributed by atoms with E-state index in [1.54, 1.807) is 5.01 Å². The maximum atomic E-state index is 9.92. The van der Waals surface area contributed by atoms with Gasteiger partial charge in [-0.3, -0.25) is 10.9 Å². The lowest BCUT2D eigenvalue weighted by atomic mass is 10.1. The molecule has 0 aliphatic heterocycles. The van der Waals surface area contributed by atoms with E-state index < -0.39 is 0 Å². The monoisotopic (exact) mass is 158 g/mol. The summed E-state index contributed by atoms with van der Waals surface area (Å²) in [6.45, 7) is 0.946. The molecule has 3 nitrogen and oxygen atoms in total. The Morgan fingerprint density at radius 2 is 1.91 bits per heavy atom. The van der Waals surface area contributed by atoms with Crippen molar-refractivity contribution in [1.29, 1.82) is 0 Å². The van der Waals surface area contributed by atoms with Gasteiger partial charge in [0.25, 0.3) is 0 Å². The molecule has 0 aromatic carbocycles. The number of unbranched alkanes of at least 4 members (excludes halogenated alkanes) is 4. The highest BCUT2D eigenvalue weighted by molar-refractivity contribution is 5.48. The third-order valence-electron chi connectivity index (χ3n) is 1.58. The first kappa shape index (κ1) is 10.6. The molecule has 0 heterocycles. The molecule has 11 heavy (non-hydrogen) atoms. The molecule has 0 saturated carbocycles. The second kappa shape index (κ2) is 7.69. The number of hydrogen-bond donors (Lipinski definition) is 1. The molecular weight excluding hydrogens is 140 g/mol. The molecule has 0 saturated heterocycles. The van der Waals surface area contributed by atoms with Crippen molar-refractivity contribution in [3.05, 3.63) is 0 Å². The van der Waals surface area contributed by atoms with E-state index in [0.717, 1.165) is 32.1 Å². The molecule has 0 amide bonds. The first-order chi connectivity index (χ1) is 5.27. The van der Waals surface area contributed by atoms with Gasteiger partial charge in [-0.25, -0.2) is 0 Å². The highest BCUT2D eigenvalue weighted by atomic mass is 16.1. The van der Waals surface area contributed by atoms with Crippen molar-refractivity contribution >= 4 is 6.29 Å². The van der Waals surface area contributed by atoms with Crippen molar-refractivity contribution in [1.82, 2.24) is 5.01 Å². The lowest BCUT2D eigenvalue weighted by Crippen LogP contribution is -2.26. The van der Waals surface area contributed by atoms with Crippen LogP contribution >= 0.6 is 0 Å². The summed E-state index contributed by atoms with van der Waals surface area (Å²) in [6, 6.07) is 0. The Morgan fingerprint density at radius 3 is 2.45 bits per heavy atom. The Hall–Kier alpha value is -0.410. The Kier molecular flexibility index (Phi) is 7.41. The van der Waals surface area contributed by atoms with Gasteiger partial charge in [0.15, 0.2) is 0 Å². The van der Waals surface area contributed by atoms with E-state index in [2.05, 4.69) is 0 Å². The highest BCUT2D eigenvalue weighted by Gasteiger charge is 1.91. The minimum atomic E-state index is 0.707. The molecular formula is C8H18N2O. The summed E-state index contributed by atoms with van der Waals surface area (Å²) in [5.41, 5.74) is 0. The predicted molar refractivity (Wildman–Crippen MR) is 46.0 cm³/mol. The lowest BCUT2D eigenvalue weighted by Gasteiger charge is -2.07. The summed E-state index contributed by atoms with van der Waals surface area (Å²) in [5, 5.41) is 1.69. The van der Waals surface area contributed by atoms with Crippen molar-refractivity contribution in [3.8, 4) is 0 Å². The highest BCUT2D eigenvalue weighted by Crippen LogP contribution is 2.01. The van der Waals surface area contributed by atoms with E-state index in [0.29, 0.717) is 6.42 Å². The zero-order chi connectivity index (χ0) is 8.53. The van der Waals surface area contributed by atoms with Crippen LogP contribution in [-0.2, 0) is 4.79 Å². The fourth-order valence-corrected chi connectivity index (χ4v) is 0.942. The summed E-state index contributed by atoms with van der Waals surface area (Å²) >= 11 is 0. The number of rotatable bonds is 7. The second-order valence-electron chi connectivity index (χ2n) is 2.85. The van der Waals surface area contributed by atoms with E-state index in [4.69, 9.17) is 5.84 Å². The van der Waals surface area contributed by atoms with Gasteiger partial charge in [0.05, 0.1) is 0 Å². The number of nitrogens with two attached hydrogens (primary N) is 1. The average molecular weight is 158 g/mol. The van der Waals surface area contributed by atoms with Crippen LogP contribution < -0.4 is 5.84 Å². The lowest BCUT2D eigenvalue weighted by molar-refractivity contribution is -0.107. The molecule has 0 aliphatic carbocycles. The Morgan fingerprint density at radius 1 is 1.27 bits per heavy atom. The third kappa shape index (κ3) is 9.59. The molecule has 0 rings (SSSR count). The van der Waals surface area contributed by atoms with Crippen molar-refractivity contribution in [2.75, 3.05) is 13.6 Å². The van der Waals surface area contributed by atoms with Crippen LogP contribution in [-0.4, -0.2) is 24.9 Å². The number of hydrogen-bond acceptors (Lipinski definition) is 3. The number of carbonyl (C=O) groups excluding carboxylic acids is 1. The molecule has 0 atom stereocenters. The molecule has 0 bridgehead atoms. The fraction of sp³-hybridized carbons (Fsp3) is 0.875. The van der Waals surface area contributed by atoms with Crippen molar-refractivity contribution in [2.24, 2.45) is 5.84 Å². The van der Waals surface area contributed by atoms with Gasteiger partial charge in [-0.15, -0.1) is 0 Å². The van der Waals surface area contributed by atoms with Gasteiger partial charge in [-0.1, -0.05) is 12.8 Å². The number of nitrogens with zero attached hydrogens (tertiary/aromatic N) is 1. The summed E-state index contributed by atoms with van der Waals surface area (Å²) < 4.78 is 0. The van der Waals surface area contributed by atoms with Crippen LogP contribution in [0, 0.1) is 0 Å². The molecule has 0 spiro atoms. The van der Waals surface area contributed by atoms with Gasteiger partial charge >= 0.3 is 0 Å². The van der Waals surface area contributed by atoms with Gasteiger partial charge in [0.2, 0.25) is 0 Å². The van der Waals surface area contributed by atoms with Crippen LogP contribution in [0.25, 0.3) is 0 Å². The van der Waals surface area contributed by atoms with E-state index in [-0.39, 0.29) is 0 Å². The Bertz CT molecular complexity index is 94.1. The summed E-state index contributed by atoms with van der Waals surface area (Å²) in [4.78, 5) is 9.92. The fourth-order valence-electron chi connectivity index (χ4n) is 0.942. The van der Waals surface area contributed by atoms with Gasteiger partial charge < -0.3 is 4.79 Å². The molecule has 0 radical (unpaired) electrons. The van der Waals surface area contributed by atoms with Gasteiger partial charge in [0, 0.05) is 20.0 Å². The van der Waals surface area contributed by atoms with Crippen LogP contribution in [0.15, 0.2) is 0 Å². The first-order valence-electron chi connectivity index (χ1n) is 4.17. The maximum Gasteiger partial charge on any atom is 0.119 e. The van der Waals surface area contributed by atoms with Crippen molar-refractivity contribution < 1.29 is 4.79 Å². The quantitative estimate of drug-likeness (QED) is 0.259.